The lowest BCUT2D eigenvalue weighted by Crippen LogP contribution is -2.48. The summed E-state index contributed by atoms with van der Waals surface area (Å²) in [6.07, 6.45) is -0.636. The van der Waals surface area contributed by atoms with Crippen molar-refractivity contribution in [3.8, 4) is 5.75 Å². The fraction of sp³-hybridized carbons (Fsp3) is 0.500. The number of hydrogen-bond acceptors (Lipinski definition) is 6. The molecule has 1 aliphatic heterocycles. The number of rotatable bonds is 4. The average Bonchev–Trinajstić information content (AvgIpc) is 2.49. The van der Waals surface area contributed by atoms with Gasteiger partial charge >= 0.3 is 6.09 Å². The van der Waals surface area contributed by atoms with Gasteiger partial charge < -0.3 is 14.2 Å². The molecule has 0 aliphatic carbocycles. The van der Waals surface area contributed by atoms with Gasteiger partial charge in [-0.3, -0.25) is 10.2 Å². The Bertz CT molecular complexity index is 595. The molecule has 1 aromatic rings. The number of nitrogens with one attached hydrogen (secondary N) is 2. The average molecular weight is 322 g/mol. The Labute approximate surface area is 135 Å². The lowest BCUT2D eigenvalue weighted by atomic mass is 10.0. The summed E-state index contributed by atoms with van der Waals surface area (Å²) >= 11 is 0. The minimum absolute atomic E-state index is 0.168. The van der Waals surface area contributed by atoms with Crippen molar-refractivity contribution in [2.75, 3.05) is 6.79 Å². The highest BCUT2D eigenvalue weighted by atomic mass is 16.7. The zero-order valence-corrected chi connectivity index (χ0v) is 13.8. The second kappa shape index (κ2) is 6.97. The summed E-state index contributed by atoms with van der Waals surface area (Å²) in [6, 6.07) is 4.59. The molecule has 0 fully saturated rings. The van der Waals surface area contributed by atoms with Crippen molar-refractivity contribution < 1.29 is 23.8 Å². The monoisotopic (exact) mass is 322 g/mol. The number of ether oxygens (including phenoxy) is 3. The van der Waals surface area contributed by atoms with Crippen molar-refractivity contribution in [2.24, 2.45) is 0 Å². The number of amides is 1. The smallest absolute Gasteiger partial charge is 0.422 e. The third-order valence-electron chi connectivity index (χ3n) is 3.09. The number of carbonyl (C=O) groups is 2. The highest BCUT2D eigenvalue weighted by molar-refractivity contribution is 6.00. The van der Waals surface area contributed by atoms with Crippen LogP contribution in [0.2, 0.25) is 0 Å². The topological polar surface area (TPSA) is 85.9 Å². The molecule has 1 aromatic carbocycles. The minimum atomic E-state index is -0.636. The first-order chi connectivity index (χ1) is 10.8. The number of Topliss-reactive ketones (excluding diaryl/α,β-unsaturated/α-hetero) is 1. The molecule has 1 aliphatic rings. The van der Waals surface area contributed by atoms with Crippen molar-refractivity contribution in [1.29, 1.82) is 0 Å². The normalized spacial score (nSPS) is 15.1. The molecule has 23 heavy (non-hydrogen) atoms. The van der Waals surface area contributed by atoms with Crippen molar-refractivity contribution in [2.45, 2.75) is 45.9 Å². The number of carbonyl (C=O) groups excluding carboxylic acids is 2. The Kier molecular flexibility index (Phi) is 5.23. The highest BCUT2D eigenvalue weighted by Crippen LogP contribution is 2.25. The molecule has 0 bridgehead atoms. The first-order valence-corrected chi connectivity index (χ1v) is 7.38. The fourth-order valence-corrected chi connectivity index (χ4v) is 2.00. The molecule has 7 nitrogen and oxygen atoms in total. The largest absolute Gasteiger partial charge is 0.467 e. The van der Waals surface area contributed by atoms with E-state index in [9.17, 15) is 9.59 Å². The molecule has 0 spiro atoms. The van der Waals surface area contributed by atoms with Crippen LogP contribution in [0.4, 0.5) is 4.79 Å². The van der Waals surface area contributed by atoms with Crippen LogP contribution in [0, 0.1) is 0 Å². The number of ketones is 1. The summed E-state index contributed by atoms with van der Waals surface area (Å²) in [7, 11) is 0. The zero-order chi connectivity index (χ0) is 17.0. The molecule has 1 heterocycles. The Hall–Kier alpha value is -2.12. The van der Waals surface area contributed by atoms with E-state index in [-0.39, 0.29) is 12.6 Å². The third kappa shape index (κ3) is 4.94. The quantitative estimate of drug-likeness (QED) is 0.652. The molecule has 7 heteroatoms. The second-order valence-corrected chi connectivity index (χ2v) is 6.29. The third-order valence-corrected chi connectivity index (χ3v) is 3.09. The van der Waals surface area contributed by atoms with E-state index in [0.29, 0.717) is 17.9 Å². The van der Waals surface area contributed by atoms with Crippen LogP contribution in [0.5, 0.6) is 5.75 Å². The van der Waals surface area contributed by atoms with E-state index in [4.69, 9.17) is 14.2 Å². The SMILES string of the molecule is CC(NNC(=O)OC(C)(C)C)C(=O)c1ccc2c(c1)OCOC2. The molecule has 2 rings (SSSR count). The van der Waals surface area contributed by atoms with Gasteiger partial charge in [-0.1, -0.05) is 12.1 Å². The lowest BCUT2D eigenvalue weighted by Gasteiger charge is -2.21. The van der Waals surface area contributed by atoms with E-state index in [0.717, 1.165) is 5.56 Å². The van der Waals surface area contributed by atoms with Crippen LogP contribution in [0.25, 0.3) is 0 Å². The van der Waals surface area contributed by atoms with Crippen molar-refractivity contribution in [3.63, 3.8) is 0 Å². The molecule has 126 valence electrons. The van der Waals surface area contributed by atoms with E-state index in [2.05, 4.69) is 10.9 Å². The molecule has 1 unspecified atom stereocenters. The summed E-state index contributed by atoms with van der Waals surface area (Å²) in [6.45, 7) is 7.59. The van der Waals surface area contributed by atoms with Gasteiger partial charge in [0.05, 0.1) is 12.6 Å². The number of benzene rings is 1. The van der Waals surface area contributed by atoms with Crippen LogP contribution in [0.3, 0.4) is 0 Å². The second-order valence-electron chi connectivity index (χ2n) is 6.29. The first-order valence-electron chi connectivity index (χ1n) is 7.38. The summed E-state index contributed by atoms with van der Waals surface area (Å²) in [4.78, 5) is 24.0. The van der Waals surface area contributed by atoms with Crippen LogP contribution in [0.1, 0.15) is 43.6 Å². The predicted molar refractivity (Wildman–Crippen MR) is 83.0 cm³/mol. The van der Waals surface area contributed by atoms with Gasteiger partial charge in [0.1, 0.15) is 11.4 Å². The number of hydrazine groups is 1. The van der Waals surface area contributed by atoms with E-state index in [1.165, 1.54) is 0 Å². The van der Waals surface area contributed by atoms with Gasteiger partial charge in [-0.25, -0.2) is 10.2 Å². The van der Waals surface area contributed by atoms with Crippen LogP contribution in [-0.4, -0.2) is 30.3 Å². The van der Waals surface area contributed by atoms with Gasteiger partial charge in [0, 0.05) is 11.1 Å². The highest BCUT2D eigenvalue weighted by Gasteiger charge is 2.20. The fourth-order valence-electron chi connectivity index (χ4n) is 2.00. The van der Waals surface area contributed by atoms with Gasteiger partial charge in [-0.2, -0.15) is 0 Å². The standard InChI is InChI=1S/C16H22N2O5/c1-10(17-18-15(20)23-16(2,3)4)14(19)11-5-6-12-8-21-9-22-13(12)7-11/h5-7,10,17H,8-9H2,1-4H3,(H,18,20). The van der Waals surface area contributed by atoms with Crippen molar-refractivity contribution >= 4 is 11.9 Å². The summed E-state index contributed by atoms with van der Waals surface area (Å²) < 4.78 is 15.6. The number of fused-ring (bicyclic) bond motifs is 1. The maximum absolute atomic E-state index is 12.4. The van der Waals surface area contributed by atoms with Crippen LogP contribution < -0.4 is 15.6 Å². The molecular formula is C16H22N2O5. The van der Waals surface area contributed by atoms with Crippen LogP contribution in [-0.2, 0) is 16.1 Å². The number of hydrogen-bond donors (Lipinski definition) is 2. The van der Waals surface area contributed by atoms with Crippen molar-refractivity contribution in [1.82, 2.24) is 10.9 Å². The summed E-state index contributed by atoms with van der Waals surface area (Å²) in [5, 5.41) is 0. The van der Waals surface area contributed by atoms with Gasteiger partial charge in [0.15, 0.2) is 12.6 Å². The molecular weight excluding hydrogens is 300 g/mol. The van der Waals surface area contributed by atoms with Gasteiger partial charge in [-0.15, -0.1) is 0 Å². The molecule has 2 N–H and O–H groups in total. The maximum Gasteiger partial charge on any atom is 0.422 e. The van der Waals surface area contributed by atoms with E-state index in [1.807, 2.05) is 0 Å². The minimum Gasteiger partial charge on any atom is -0.467 e. The Balaban J connectivity index is 1.93. The Morgan fingerprint density at radius 3 is 2.74 bits per heavy atom. The van der Waals surface area contributed by atoms with E-state index >= 15 is 0 Å². The zero-order valence-electron chi connectivity index (χ0n) is 13.8. The molecule has 1 amide bonds. The van der Waals surface area contributed by atoms with Crippen LogP contribution in [0.15, 0.2) is 18.2 Å². The first kappa shape index (κ1) is 17.2. The van der Waals surface area contributed by atoms with Gasteiger partial charge in [0.25, 0.3) is 0 Å². The van der Waals surface area contributed by atoms with Gasteiger partial charge in [-0.05, 0) is 33.8 Å². The molecule has 0 saturated carbocycles. The summed E-state index contributed by atoms with van der Waals surface area (Å²) in [5.74, 6) is 0.480. The van der Waals surface area contributed by atoms with Gasteiger partial charge in [0.2, 0.25) is 0 Å². The molecule has 0 radical (unpaired) electrons. The van der Waals surface area contributed by atoms with E-state index in [1.54, 1.807) is 45.9 Å². The van der Waals surface area contributed by atoms with Crippen LogP contribution >= 0.6 is 0 Å². The maximum atomic E-state index is 12.4. The summed E-state index contributed by atoms with van der Waals surface area (Å²) in [5.41, 5.74) is 5.81. The molecule has 1 atom stereocenters. The van der Waals surface area contributed by atoms with Crippen molar-refractivity contribution in [3.05, 3.63) is 29.3 Å². The predicted octanol–water partition coefficient (Wildman–Crippen LogP) is 2.15. The lowest BCUT2D eigenvalue weighted by molar-refractivity contribution is -0.0164. The Morgan fingerprint density at radius 2 is 2.04 bits per heavy atom. The van der Waals surface area contributed by atoms with E-state index < -0.39 is 17.7 Å². The Morgan fingerprint density at radius 1 is 1.30 bits per heavy atom. The molecule has 0 aromatic heterocycles. The molecule has 0 saturated heterocycles.